The summed E-state index contributed by atoms with van der Waals surface area (Å²) in [5.74, 6) is -0.718. The Hall–Kier alpha value is -3.18. The van der Waals surface area contributed by atoms with Crippen molar-refractivity contribution in [1.29, 1.82) is 0 Å². The minimum absolute atomic E-state index is 0.119. The first-order valence-electron chi connectivity index (χ1n) is 18.8. The number of aliphatic hydroxyl groups excluding tert-OH is 1. The molecule has 0 rings (SSSR count). The predicted molar refractivity (Wildman–Crippen MR) is 205 cm³/mol. The van der Waals surface area contributed by atoms with Gasteiger partial charge in [-0.1, -0.05) is 143 Å². The standard InChI is InChI=1S/C43H68O5/c1-3-5-7-9-11-13-15-17-19-20-21-22-24-25-27-29-31-33-35-37-42(45)47-40-41(39-44)48-43(46)38-36-34-32-30-28-26-23-18-16-14-12-10-8-6-4-2/h6,8,11-14,17-19,21-23,25,27,31,33,41,44H,3-5,7,9-10,15-16,20,24,26,28-30,32,34-40H2,1-2H3/b8-6-,13-11-,14-12-,19-17-,22-21-,23-18-,27-25-,33-31-/t41-/m0/s1. The maximum Gasteiger partial charge on any atom is 0.306 e. The van der Waals surface area contributed by atoms with Crippen molar-refractivity contribution in [2.24, 2.45) is 0 Å². The summed E-state index contributed by atoms with van der Waals surface area (Å²) < 4.78 is 10.5. The van der Waals surface area contributed by atoms with Gasteiger partial charge in [-0.15, -0.1) is 0 Å². The third-order valence-electron chi connectivity index (χ3n) is 7.38. The largest absolute Gasteiger partial charge is 0.462 e. The maximum absolute atomic E-state index is 12.1. The van der Waals surface area contributed by atoms with E-state index in [1.165, 1.54) is 25.7 Å². The molecule has 0 bridgehead atoms. The summed E-state index contributed by atoms with van der Waals surface area (Å²) in [5.41, 5.74) is 0. The zero-order valence-electron chi connectivity index (χ0n) is 30.5. The van der Waals surface area contributed by atoms with Crippen LogP contribution in [-0.4, -0.2) is 36.4 Å². The Balaban J connectivity index is 3.77. The highest BCUT2D eigenvalue weighted by Gasteiger charge is 2.15. The van der Waals surface area contributed by atoms with Crippen LogP contribution in [0.2, 0.25) is 0 Å². The van der Waals surface area contributed by atoms with Crippen LogP contribution in [0.4, 0.5) is 0 Å². The molecular weight excluding hydrogens is 596 g/mol. The molecule has 48 heavy (non-hydrogen) atoms. The number of esters is 2. The number of unbranched alkanes of at least 4 members (excludes halogenated alkanes) is 8. The smallest absolute Gasteiger partial charge is 0.306 e. The van der Waals surface area contributed by atoms with Crippen molar-refractivity contribution < 1.29 is 24.2 Å². The molecule has 0 aliphatic carbocycles. The molecule has 0 aliphatic heterocycles. The second-order valence-electron chi connectivity index (χ2n) is 11.9. The lowest BCUT2D eigenvalue weighted by Gasteiger charge is -2.15. The van der Waals surface area contributed by atoms with E-state index in [-0.39, 0.29) is 31.6 Å². The molecule has 0 aromatic carbocycles. The third kappa shape index (κ3) is 35.7. The molecule has 1 N–H and O–H groups in total. The molecule has 0 saturated heterocycles. The number of rotatable bonds is 32. The summed E-state index contributed by atoms with van der Waals surface area (Å²) in [7, 11) is 0. The van der Waals surface area contributed by atoms with Crippen LogP contribution in [0.3, 0.4) is 0 Å². The van der Waals surface area contributed by atoms with Crippen LogP contribution in [0, 0.1) is 0 Å². The van der Waals surface area contributed by atoms with E-state index in [1.54, 1.807) is 0 Å². The van der Waals surface area contributed by atoms with E-state index < -0.39 is 6.10 Å². The van der Waals surface area contributed by atoms with Crippen molar-refractivity contribution in [3.8, 4) is 0 Å². The van der Waals surface area contributed by atoms with Crippen molar-refractivity contribution in [2.45, 2.75) is 148 Å². The summed E-state index contributed by atoms with van der Waals surface area (Å²) in [4.78, 5) is 24.2. The first kappa shape index (κ1) is 44.8. The van der Waals surface area contributed by atoms with E-state index in [0.29, 0.717) is 12.8 Å². The van der Waals surface area contributed by atoms with Crippen LogP contribution in [0.5, 0.6) is 0 Å². The molecule has 0 amide bonds. The van der Waals surface area contributed by atoms with E-state index in [4.69, 9.17) is 9.47 Å². The van der Waals surface area contributed by atoms with Crippen LogP contribution in [-0.2, 0) is 19.1 Å². The van der Waals surface area contributed by atoms with Gasteiger partial charge in [0.2, 0.25) is 0 Å². The molecule has 0 unspecified atom stereocenters. The normalized spacial score (nSPS) is 13.3. The molecule has 1 atom stereocenters. The predicted octanol–water partition coefficient (Wildman–Crippen LogP) is 11.7. The Morgan fingerprint density at radius 1 is 0.500 bits per heavy atom. The first-order valence-corrected chi connectivity index (χ1v) is 18.8. The average molecular weight is 665 g/mol. The number of ether oxygens (including phenoxy) is 2. The molecule has 0 aromatic rings. The number of allylic oxidation sites excluding steroid dienone is 16. The lowest BCUT2D eigenvalue weighted by Crippen LogP contribution is -2.28. The SMILES string of the molecule is CC/C=C\C/C=C\C/C=C\CCCCCCCC(=O)O[C@@H](CO)COC(=O)CC/C=C\C/C=C\C/C=C\C/C=C\C/C=C\CCCCC. The van der Waals surface area contributed by atoms with Gasteiger partial charge in [0.05, 0.1) is 6.61 Å². The monoisotopic (exact) mass is 665 g/mol. The Labute approximate surface area is 294 Å². The molecule has 0 fully saturated rings. The minimum atomic E-state index is -0.816. The van der Waals surface area contributed by atoms with Gasteiger partial charge in [0, 0.05) is 12.8 Å². The van der Waals surface area contributed by atoms with E-state index >= 15 is 0 Å². The molecule has 0 heterocycles. The van der Waals surface area contributed by atoms with E-state index in [0.717, 1.165) is 83.5 Å². The minimum Gasteiger partial charge on any atom is -0.462 e. The van der Waals surface area contributed by atoms with Crippen LogP contribution in [0.15, 0.2) is 97.2 Å². The summed E-state index contributed by atoms with van der Waals surface area (Å²) >= 11 is 0. The topological polar surface area (TPSA) is 72.8 Å². The zero-order valence-corrected chi connectivity index (χ0v) is 30.5. The quantitative estimate of drug-likeness (QED) is 0.0440. The fourth-order valence-electron chi connectivity index (χ4n) is 4.55. The summed E-state index contributed by atoms with van der Waals surface area (Å²) in [6, 6.07) is 0. The molecule has 5 heteroatoms. The van der Waals surface area contributed by atoms with Crippen LogP contribution in [0.25, 0.3) is 0 Å². The van der Waals surface area contributed by atoms with E-state index in [2.05, 4.69) is 98.9 Å². The molecule has 0 aliphatic rings. The van der Waals surface area contributed by atoms with Crippen LogP contribution < -0.4 is 0 Å². The van der Waals surface area contributed by atoms with Gasteiger partial charge >= 0.3 is 11.9 Å². The highest BCUT2D eigenvalue weighted by molar-refractivity contribution is 5.70. The van der Waals surface area contributed by atoms with Crippen molar-refractivity contribution in [1.82, 2.24) is 0 Å². The molecule has 0 radical (unpaired) electrons. The highest BCUT2D eigenvalue weighted by atomic mass is 16.6. The van der Waals surface area contributed by atoms with Crippen LogP contribution >= 0.6 is 0 Å². The highest BCUT2D eigenvalue weighted by Crippen LogP contribution is 2.10. The van der Waals surface area contributed by atoms with Gasteiger partial charge in [0.1, 0.15) is 6.61 Å². The summed E-state index contributed by atoms with van der Waals surface area (Å²) in [5, 5.41) is 9.53. The van der Waals surface area contributed by atoms with Gasteiger partial charge < -0.3 is 14.6 Å². The summed E-state index contributed by atoms with van der Waals surface area (Å²) in [6.07, 6.45) is 53.3. The summed E-state index contributed by atoms with van der Waals surface area (Å²) in [6.45, 7) is 3.89. The lowest BCUT2D eigenvalue weighted by molar-refractivity contribution is -0.161. The maximum atomic E-state index is 12.1. The van der Waals surface area contributed by atoms with Gasteiger partial charge in [-0.25, -0.2) is 0 Å². The van der Waals surface area contributed by atoms with Crippen molar-refractivity contribution >= 4 is 11.9 Å². The van der Waals surface area contributed by atoms with Gasteiger partial charge in [-0.2, -0.15) is 0 Å². The first-order chi connectivity index (χ1) is 23.6. The Kier molecular flexibility index (Phi) is 35.7. The average Bonchev–Trinajstić information content (AvgIpc) is 3.09. The fourth-order valence-corrected chi connectivity index (χ4v) is 4.55. The van der Waals surface area contributed by atoms with Crippen molar-refractivity contribution in [3.63, 3.8) is 0 Å². The number of hydrogen-bond donors (Lipinski definition) is 1. The second kappa shape index (κ2) is 38.3. The molecular formula is C43H68O5. The van der Waals surface area contributed by atoms with Crippen molar-refractivity contribution in [2.75, 3.05) is 13.2 Å². The molecule has 0 spiro atoms. The molecule has 5 nitrogen and oxygen atoms in total. The van der Waals surface area contributed by atoms with Gasteiger partial charge in [-0.3, -0.25) is 9.59 Å². The van der Waals surface area contributed by atoms with E-state index in [9.17, 15) is 14.7 Å². The van der Waals surface area contributed by atoms with Gasteiger partial charge in [0.25, 0.3) is 0 Å². The number of carbonyl (C=O) groups excluding carboxylic acids is 2. The van der Waals surface area contributed by atoms with Gasteiger partial charge in [-0.05, 0) is 83.5 Å². The molecule has 0 saturated carbocycles. The molecule has 270 valence electrons. The van der Waals surface area contributed by atoms with Gasteiger partial charge in [0.15, 0.2) is 6.10 Å². The zero-order chi connectivity index (χ0) is 35.0. The Bertz CT molecular complexity index is 979. The number of aliphatic hydroxyl groups is 1. The van der Waals surface area contributed by atoms with Crippen LogP contribution in [0.1, 0.15) is 142 Å². The Morgan fingerprint density at radius 2 is 0.938 bits per heavy atom. The Morgan fingerprint density at radius 3 is 1.44 bits per heavy atom. The second-order valence-corrected chi connectivity index (χ2v) is 11.9. The third-order valence-corrected chi connectivity index (χ3v) is 7.38. The number of hydrogen-bond acceptors (Lipinski definition) is 5. The lowest BCUT2D eigenvalue weighted by atomic mass is 10.1. The van der Waals surface area contributed by atoms with E-state index in [1.807, 2.05) is 12.2 Å². The van der Waals surface area contributed by atoms with Crippen molar-refractivity contribution in [3.05, 3.63) is 97.2 Å². The molecule has 0 aromatic heterocycles. The fraction of sp³-hybridized carbons (Fsp3) is 0.581. The number of carbonyl (C=O) groups is 2.